The summed E-state index contributed by atoms with van der Waals surface area (Å²) in [7, 11) is 0. The Hall–Kier alpha value is -1.08. The second-order valence-corrected chi connectivity index (χ2v) is 5.88. The lowest BCUT2D eigenvalue weighted by Crippen LogP contribution is -2.52. The molecule has 2 amide bonds. The minimum Gasteiger partial charge on any atom is -0.480 e. The maximum Gasteiger partial charge on any atom is 0.328 e. The zero-order chi connectivity index (χ0) is 13.1. The first-order valence-corrected chi connectivity index (χ1v) is 6.51. The van der Waals surface area contributed by atoms with Crippen molar-refractivity contribution in [1.82, 2.24) is 10.6 Å². The van der Waals surface area contributed by atoms with Gasteiger partial charge >= 0.3 is 12.0 Å². The van der Waals surface area contributed by atoms with Crippen molar-refractivity contribution in [2.75, 3.05) is 0 Å². The van der Waals surface area contributed by atoms with Crippen LogP contribution in [-0.4, -0.2) is 22.6 Å². The number of hydrogen-bond acceptors (Lipinski definition) is 3. The number of thiophene rings is 1. The number of carboxylic acid groups (broad SMARTS) is 1. The lowest BCUT2D eigenvalue weighted by Gasteiger charge is -2.21. The molecule has 17 heavy (non-hydrogen) atoms. The molecule has 0 aliphatic rings. The molecular formula is C10H13BrN2O3S. The average Bonchev–Trinajstić information content (AvgIpc) is 2.60. The molecule has 1 aromatic rings. The molecule has 0 atom stereocenters. The molecule has 1 rings (SSSR count). The van der Waals surface area contributed by atoms with Crippen molar-refractivity contribution in [3.05, 3.63) is 20.8 Å². The lowest BCUT2D eigenvalue weighted by atomic mass is 10.1. The quantitative estimate of drug-likeness (QED) is 0.795. The van der Waals surface area contributed by atoms with Crippen LogP contribution in [-0.2, 0) is 11.3 Å². The smallest absolute Gasteiger partial charge is 0.328 e. The molecule has 0 bridgehead atoms. The summed E-state index contributed by atoms with van der Waals surface area (Å²) in [6.07, 6.45) is 0. The maximum absolute atomic E-state index is 11.5. The van der Waals surface area contributed by atoms with Crippen molar-refractivity contribution < 1.29 is 14.7 Å². The Labute approximate surface area is 111 Å². The Morgan fingerprint density at radius 3 is 2.65 bits per heavy atom. The summed E-state index contributed by atoms with van der Waals surface area (Å²) in [5, 5.41) is 15.7. The molecule has 0 aliphatic heterocycles. The molecule has 0 aliphatic carbocycles. The number of amides is 2. The van der Waals surface area contributed by atoms with E-state index in [-0.39, 0.29) is 0 Å². The summed E-state index contributed by atoms with van der Waals surface area (Å²) in [4.78, 5) is 23.2. The van der Waals surface area contributed by atoms with E-state index in [1.807, 2.05) is 11.4 Å². The molecular weight excluding hydrogens is 308 g/mol. The molecule has 1 aromatic heterocycles. The second kappa shape index (κ2) is 5.50. The molecule has 0 saturated carbocycles. The number of nitrogens with one attached hydrogen (secondary N) is 2. The van der Waals surface area contributed by atoms with E-state index in [2.05, 4.69) is 26.6 Å². The van der Waals surface area contributed by atoms with E-state index in [1.165, 1.54) is 25.2 Å². The Morgan fingerprint density at radius 1 is 1.53 bits per heavy atom. The first-order chi connectivity index (χ1) is 7.81. The van der Waals surface area contributed by atoms with Crippen molar-refractivity contribution in [2.24, 2.45) is 0 Å². The van der Waals surface area contributed by atoms with E-state index in [0.717, 1.165) is 9.35 Å². The van der Waals surface area contributed by atoms with E-state index >= 15 is 0 Å². The predicted molar refractivity (Wildman–Crippen MR) is 69.1 cm³/mol. The number of halogens is 1. The Morgan fingerprint density at radius 2 is 2.18 bits per heavy atom. The molecule has 0 spiro atoms. The van der Waals surface area contributed by atoms with Crippen LogP contribution in [0.2, 0.25) is 0 Å². The SMILES string of the molecule is CC(C)(NC(=O)NCc1cc(Br)cs1)C(=O)O. The molecule has 5 nitrogen and oxygen atoms in total. The molecule has 0 unspecified atom stereocenters. The monoisotopic (exact) mass is 320 g/mol. The lowest BCUT2D eigenvalue weighted by molar-refractivity contribution is -0.142. The Balaban J connectivity index is 2.43. The fraction of sp³-hybridized carbons (Fsp3) is 0.400. The van der Waals surface area contributed by atoms with Crippen LogP contribution < -0.4 is 10.6 Å². The van der Waals surface area contributed by atoms with Crippen LogP contribution in [0.15, 0.2) is 15.9 Å². The van der Waals surface area contributed by atoms with Crippen molar-refractivity contribution >= 4 is 39.3 Å². The summed E-state index contributed by atoms with van der Waals surface area (Å²) in [5.41, 5.74) is -1.28. The van der Waals surface area contributed by atoms with Crippen LogP contribution in [0.5, 0.6) is 0 Å². The number of carbonyl (C=O) groups excluding carboxylic acids is 1. The molecule has 94 valence electrons. The van der Waals surface area contributed by atoms with Crippen LogP contribution >= 0.6 is 27.3 Å². The van der Waals surface area contributed by atoms with Gasteiger partial charge in [0.1, 0.15) is 5.54 Å². The number of rotatable bonds is 4. The van der Waals surface area contributed by atoms with Crippen LogP contribution in [0, 0.1) is 0 Å². The van der Waals surface area contributed by atoms with Crippen molar-refractivity contribution in [3.63, 3.8) is 0 Å². The Kier molecular flexibility index (Phi) is 4.53. The highest BCUT2D eigenvalue weighted by molar-refractivity contribution is 9.10. The fourth-order valence-corrected chi connectivity index (χ4v) is 2.39. The highest BCUT2D eigenvalue weighted by atomic mass is 79.9. The van der Waals surface area contributed by atoms with Gasteiger partial charge in [0.25, 0.3) is 0 Å². The van der Waals surface area contributed by atoms with Gasteiger partial charge in [0, 0.05) is 14.7 Å². The molecule has 0 fully saturated rings. The predicted octanol–water partition coefficient (Wildman–Crippen LogP) is 2.17. The average molecular weight is 321 g/mol. The Bertz CT molecular complexity index is 431. The molecule has 0 aromatic carbocycles. The van der Waals surface area contributed by atoms with Crippen LogP contribution in [0.3, 0.4) is 0 Å². The van der Waals surface area contributed by atoms with E-state index in [0.29, 0.717) is 6.54 Å². The molecule has 0 radical (unpaired) electrons. The molecule has 3 N–H and O–H groups in total. The van der Waals surface area contributed by atoms with Gasteiger partial charge in [-0.1, -0.05) is 0 Å². The van der Waals surface area contributed by atoms with Crippen LogP contribution in [0.4, 0.5) is 4.79 Å². The highest BCUT2D eigenvalue weighted by Gasteiger charge is 2.28. The number of carbonyl (C=O) groups is 2. The third kappa shape index (κ3) is 4.35. The molecule has 1 heterocycles. The van der Waals surface area contributed by atoms with Gasteiger partial charge in [-0.2, -0.15) is 0 Å². The largest absolute Gasteiger partial charge is 0.480 e. The number of carboxylic acids is 1. The van der Waals surface area contributed by atoms with Gasteiger partial charge in [0.2, 0.25) is 0 Å². The highest BCUT2D eigenvalue weighted by Crippen LogP contribution is 2.19. The van der Waals surface area contributed by atoms with Crippen molar-refractivity contribution in [2.45, 2.75) is 25.9 Å². The summed E-state index contributed by atoms with van der Waals surface area (Å²) in [5.74, 6) is -1.08. The summed E-state index contributed by atoms with van der Waals surface area (Å²) in [6.45, 7) is 3.23. The number of hydrogen-bond donors (Lipinski definition) is 3. The first-order valence-electron chi connectivity index (χ1n) is 4.83. The van der Waals surface area contributed by atoms with E-state index in [1.54, 1.807) is 0 Å². The van der Waals surface area contributed by atoms with E-state index in [4.69, 9.17) is 5.11 Å². The van der Waals surface area contributed by atoms with Gasteiger partial charge in [-0.05, 0) is 35.8 Å². The van der Waals surface area contributed by atoms with Gasteiger partial charge in [-0.3, -0.25) is 0 Å². The summed E-state index contributed by atoms with van der Waals surface area (Å²) < 4.78 is 0.963. The van der Waals surface area contributed by atoms with Gasteiger partial charge in [-0.25, -0.2) is 9.59 Å². The van der Waals surface area contributed by atoms with Gasteiger partial charge < -0.3 is 15.7 Å². The fourth-order valence-electron chi connectivity index (χ4n) is 0.995. The van der Waals surface area contributed by atoms with Crippen molar-refractivity contribution in [1.29, 1.82) is 0 Å². The second-order valence-electron chi connectivity index (χ2n) is 3.97. The number of aliphatic carboxylic acids is 1. The standard InChI is InChI=1S/C10H13BrN2O3S/c1-10(2,8(14)15)13-9(16)12-4-7-3-6(11)5-17-7/h3,5H,4H2,1-2H3,(H,14,15)(H2,12,13,16). The summed E-state index contributed by atoms with van der Waals surface area (Å²) >= 11 is 4.82. The zero-order valence-corrected chi connectivity index (χ0v) is 11.8. The van der Waals surface area contributed by atoms with Gasteiger partial charge in [0.15, 0.2) is 0 Å². The normalized spacial score (nSPS) is 11.0. The van der Waals surface area contributed by atoms with E-state index < -0.39 is 17.5 Å². The first kappa shape index (κ1) is 14.0. The summed E-state index contributed by atoms with van der Waals surface area (Å²) in [6, 6.07) is 1.40. The molecule has 7 heteroatoms. The van der Waals surface area contributed by atoms with Crippen LogP contribution in [0.1, 0.15) is 18.7 Å². The number of urea groups is 1. The van der Waals surface area contributed by atoms with Gasteiger partial charge in [0.05, 0.1) is 6.54 Å². The van der Waals surface area contributed by atoms with Crippen molar-refractivity contribution in [3.8, 4) is 0 Å². The molecule has 0 saturated heterocycles. The maximum atomic E-state index is 11.5. The zero-order valence-electron chi connectivity index (χ0n) is 9.41. The van der Waals surface area contributed by atoms with E-state index in [9.17, 15) is 9.59 Å². The minimum atomic E-state index is -1.28. The van der Waals surface area contributed by atoms with Gasteiger partial charge in [-0.15, -0.1) is 11.3 Å². The van der Waals surface area contributed by atoms with Crippen LogP contribution in [0.25, 0.3) is 0 Å². The third-order valence-corrected chi connectivity index (χ3v) is 3.70. The minimum absolute atomic E-state index is 0.373. The third-order valence-electron chi connectivity index (χ3n) is 2.01. The topological polar surface area (TPSA) is 78.4 Å².